The van der Waals surface area contributed by atoms with Gasteiger partial charge in [0, 0.05) is 18.7 Å². The van der Waals surface area contributed by atoms with Gasteiger partial charge in [-0.1, -0.05) is 36.4 Å². The van der Waals surface area contributed by atoms with Crippen LogP contribution in [0, 0.1) is 10.1 Å². The van der Waals surface area contributed by atoms with Gasteiger partial charge < -0.3 is 9.47 Å². The van der Waals surface area contributed by atoms with Crippen molar-refractivity contribution >= 4 is 34.7 Å². The molecule has 3 aromatic rings. The minimum absolute atomic E-state index is 0.145. The van der Waals surface area contributed by atoms with E-state index in [1.807, 2.05) is 30.3 Å². The van der Waals surface area contributed by atoms with E-state index in [9.17, 15) is 19.7 Å². The summed E-state index contributed by atoms with van der Waals surface area (Å²) in [5.41, 5.74) is 1.67. The van der Waals surface area contributed by atoms with Crippen LogP contribution in [0.2, 0.25) is 0 Å². The third kappa shape index (κ3) is 5.85. The normalized spacial score (nSPS) is 14.4. The fourth-order valence-electron chi connectivity index (χ4n) is 3.44. The molecule has 0 radical (unpaired) electrons. The van der Waals surface area contributed by atoms with Crippen LogP contribution in [-0.2, 0) is 11.2 Å². The van der Waals surface area contributed by atoms with Gasteiger partial charge in [0.1, 0.15) is 6.20 Å². The first-order valence-electron chi connectivity index (χ1n) is 10.7. The highest BCUT2D eigenvalue weighted by Gasteiger charge is 2.34. The van der Waals surface area contributed by atoms with Crippen LogP contribution in [-0.4, -0.2) is 39.6 Å². The fraction of sp³-hybridized carbons (Fsp3) is 0.160. The molecule has 35 heavy (non-hydrogen) atoms. The number of pyridine rings is 1. The van der Waals surface area contributed by atoms with Gasteiger partial charge in [0.05, 0.1) is 16.9 Å². The minimum Gasteiger partial charge on any atom is -0.493 e. The van der Waals surface area contributed by atoms with Crippen LogP contribution in [0.15, 0.2) is 71.8 Å². The summed E-state index contributed by atoms with van der Waals surface area (Å²) in [6, 6.07) is 17.6. The van der Waals surface area contributed by atoms with Gasteiger partial charge in [-0.2, -0.15) is 0 Å². The monoisotopic (exact) mass is 491 g/mol. The lowest BCUT2D eigenvalue weighted by molar-refractivity contribution is -0.385. The summed E-state index contributed by atoms with van der Waals surface area (Å²) in [7, 11) is 1.47. The van der Waals surface area contributed by atoms with Crippen LogP contribution < -0.4 is 9.47 Å². The molecule has 10 heteroatoms. The summed E-state index contributed by atoms with van der Waals surface area (Å²) in [5.74, 6) is 0.571. The number of rotatable bonds is 9. The van der Waals surface area contributed by atoms with Gasteiger partial charge in [0.2, 0.25) is 5.88 Å². The molecule has 0 bridgehead atoms. The molecule has 0 aliphatic carbocycles. The fourth-order valence-corrected chi connectivity index (χ4v) is 4.31. The molecule has 0 saturated carbocycles. The molecule has 1 fully saturated rings. The quantitative estimate of drug-likeness (QED) is 0.220. The summed E-state index contributed by atoms with van der Waals surface area (Å²) >= 11 is 0.908. The van der Waals surface area contributed by atoms with Gasteiger partial charge in [-0.05, 0) is 53.9 Å². The molecule has 0 N–H and O–H groups in total. The molecular weight excluding hydrogens is 470 g/mol. The van der Waals surface area contributed by atoms with Gasteiger partial charge in [-0.25, -0.2) is 4.98 Å². The number of ether oxygens (including phenoxy) is 2. The minimum atomic E-state index is -0.544. The molecule has 1 aliphatic heterocycles. The standard InChI is InChI=1S/C25H21N3O6S/c1-33-21-14-18(9-11-20(21)34-23-12-10-19(16-26-23)28(31)32)15-22-24(29)27(25(30)35-22)13-5-8-17-6-3-2-4-7-17/h2-4,6-7,9-12,14-16H,5,8,13H2,1H3/b22-15+. The number of nitro groups is 1. The maximum Gasteiger partial charge on any atom is 0.293 e. The Morgan fingerprint density at radius 1 is 1.09 bits per heavy atom. The van der Waals surface area contributed by atoms with Gasteiger partial charge in [0.25, 0.3) is 16.8 Å². The zero-order valence-corrected chi connectivity index (χ0v) is 19.6. The SMILES string of the molecule is COc1cc(/C=C2/SC(=O)N(CCCc3ccccc3)C2=O)ccc1Oc1ccc([N+](=O)[O-])cn1. The Balaban J connectivity index is 1.43. The van der Waals surface area contributed by atoms with Crippen LogP contribution in [0.25, 0.3) is 6.08 Å². The molecule has 1 aromatic heterocycles. The van der Waals surface area contributed by atoms with Crippen molar-refractivity contribution in [3.8, 4) is 17.4 Å². The number of benzene rings is 2. The van der Waals surface area contributed by atoms with Crippen LogP contribution in [0.4, 0.5) is 10.5 Å². The van der Waals surface area contributed by atoms with Crippen molar-refractivity contribution < 1.29 is 24.0 Å². The smallest absolute Gasteiger partial charge is 0.293 e. The van der Waals surface area contributed by atoms with Crippen molar-refractivity contribution in [2.75, 3.05) is 13.7 Å². The highest BCUT2D eigenvalue weighted by Crippen LogP contribution is 2.36. The third-order valence-corrected chi connectivity index (χ3v) is 6.10. The average Bonchev–Trinajstić information content (AvgIpc) is 3.13. The maximum absolute atomic E-state index is 12.8. The zero-order chi connectivity index (χ0) is 24.8. The molecule has 2 aromatic carbocycles. The highest BCUT2D eigenvalue weighted by molar-refractivity contribution is 8.18. The van der Waals surface area contributed by atoms with E-state index >= 15 is 0 Å². The first-order chi connectivity index (χ1) is 16.9. The molecule has 0 spiro atoms. The van der Waals surface area contributed by atoms with Crippen molar-refractivity contribution in [3.63, 3.8) is 0 Å². The lowest BCUT2D eigenvalue weighted by Gasteiger charge is -2.12. The number of hydrogen-bond donors (Lipinski definition) is 0. The Labute approximate surface area is 205 Å². The zero-order valence-electron chi connectivity index (χ0n) is 18.7. The highest BCUT2D eigenvalue weighted by atomic mass is 32.2. The van der Waals surface area contributed by atoms with Crippen molar-refractivity contribution in [3.05, 3.63) is 93.0 Å². The van der Waals surface area contributed by atoms with Crippen LogP contribution in [0.1, 0.15) is 17.5 Å². The Bertz CT molecular complexity index is 1280. The second-order valence-electron chi connectivity index (χ2n) is 7.55. The molecule has 0 unspecified atom stereocenters. The lowest BCUT2D eigenvalue weighted by atomic mass is 10.1. The molecule has 2 heterocycles. The van der Waals surface area contributed by atoms with E-state index in [0.717, 1.165) is 29.9 Å². The number of carbonyl (C=O) groups excluding carboxylic acids is 2. The third-order valence-electron chi connectivity index (χ3n) is 5.20. The van der Waals surface area contributed by atoms with E-state index in [4.69, 9.17) is 9.47 Å². The average molecular weight is 492 g/mol. The van der Waals surface area contributed by atoms with Gasteiger partial charge in [-0.3, -0.25) is 24.6 Å². The van der Waals surface area contributed by atoms with Crippen molar-refractivity contribution in [2.45, 2.75) is 12.8 Å². The number of aryl methyl sites for hydroxylation is 1. The van der Waals surface area contributed by atoms with Crippen molar-refractivity contribution in [1.82, 2.24) is 9.88 Å². The van der Waals surface area contributed by atoms with Crippen molar-refractivity contribution in [1.29, 1.82) is 0 Å². The van der Waals surface area contributed by atoms with E-state index in [2.05, 4.69) is 4.98 Å². The van der Waals surface area contributed by atoms with Gasteiger partial charge >= 0.3 is 0 Å². The predicted molar refractivity (Wildman–Crippen MR) is 131 cm³/mol. The summed E-state index contributed by atoms with van der Waals surface area (Å²) < 4.78 is 11.1. The number of imide groups is 1. The number of methoxy groups -OCH3 is 1. The number of thioether (sulfide) groups is 1. The number of hydrogen-bond acceptors (Lipinski definition) is 8. The van der Waals surface area contributed by atoms with Crippen LogP contribution in [0.5, 0.6) is 17.4 Å². The molecule has 1 saturated heterocycles. The molecular formula is C25H21N3O6S. The number of aromatic nitrogens is 1. The Morgan fingerprint density at radius 3 is 2.57 bits per heavy atom. The largest absolute Gasteiger partial charge is 0.493 e. The second kappa shape index (κ2) is 10.8. The van der Waals surface area contributed by atoms with Crippen LogP contribution in [0.3, 0.4) is 0 Å². The summed E-state index contributed by atoms with van der Waals surface area (Å²) in [5, 5.41) is 10.5. The molecule has 178 valence electrons. The predicted octanol–water partition coefficient (Wildman–Crippen LogP) is 5.46. The van der Waals surface area contributed by atoms with Crippen LogP contribution >= 0.6 is 11.8 Å². The van der Waals surface area contributed by atoms with E-state index in [1.165, 1.54) is 24.1 Å². The molecule has 9 nitrogen and oxygen atoms in total. The summed E-state index contributed by atoms with van der Waals surface area (Å²) in [6.07, 6.45) is 4.21. The summed E-state index contributed by atoms with van der Waals surface area (Å²) in [4.78, 5) is 41.0. The molecule has 1 aliphatic rings. The van der Waals surface area contributed by atoms with E-state index in [1.54, 1.807) is 24.3 Å². The van der Waals surface area contributed by atoms with Crippen molar-refractivity contribution in [2.24, 2.45) is 0 Å². The van der Waals surface area contributed by atoms with E-state index in [0.29, 0.717) is 34.9 Å². The maximum atomic E-state index is 12.8. The first kappa shape index (κ1) is 24.0. The van der Waals surface area contributed by atoms with E-state index < -0.39 is 4.92 Å². The topological polar surface area (TPSA) is 112 Å². The molecule has 4 rings (SSSR count). The number of amides is 2. The van der Waals surface area contributed by atoms with E-state index in [-0.39, 0.29) is 22.7 Å². The molecule has 2 amide bonds. The van der Waals surface area contributed by atoms with Gasteiger partial charge in [0.15, 0.2) is 11.5 Å². The second-order valence-corrected chi connectivity index (χ2v) is 8.54. The molecule has 0 atom stereocenters. The Kier molecular flexibility index (Phi) is 7.41. The number of carbonyl (C=O) groups is 2. The lowest BCUT2D eigenvalue weighted by Crippen LogP contribution is -2.29. The first-order valence-corrected chi connectivity index (χ1v) is 11.5. The number of nitrogens with zero attached hydrogens (tertiary/aromatic N) is 3. The summed E-state index contributed by atoms with van der Waals surface area (Å²) in [6.45, 7) is 0.356. The van der Waals surface area contributed by atoms with Gasteiger partial charge in [-0.15, -0.1) is 0 Å². The Hall–Kier alpha value is -4.18. The Morgan fingerprint density at radius 2 is 1.89 bits per heavy atom.